The Hall–Kier alpha value is -0.160. The fourth-order valence-electron chi connectivity index (χ4n) is 0.305. The fraction of sp³-hybridized carbons (Fsp3) is 1.00. The van der Waals surface area contributed by atoms with E-state index in [1.807, 2.05) is 0 Å². The Morgan fingerprint density at radius 3 is 2.14 bits per heavy atom. The molecule has 0 rings (SSSR count). The second-order valence-electron chi connectivity index (χ2n) is 1.55. The first-order valence-electron chi connectivity index (χ1n) is 2.08. The summed E-state index contributed by atoms with van der Waals surface area (Å²) in [6.45, 7) is 1.92. The summed E-state index contributed by atoms with van der Waals surface area (Å²) < 4.78 is 0. The van der Waals surface area contributed by atoms with Gasteiger partial charge in [-0.25, -0.2) is 0 Å². The Labute approximate surface area is 42.6 Å². The molecule has 7 heavy (non-hydrogen) atoms. The molecule has 0 aromatic rings. The predicted octanol–water partition coefficient (Wildman–Crippen LogP) is -1.58. The Bertz CT molecular complexity index is 39.4. The molecule has 0 bridgehead atoms. The van der Waals surface area contributed by atoms with Gasteiger partial charge in [0.05, 0.1) is 12.6 Å². The van der Waals surface area contributed by atoms with Crippen LogP contribution in [0.15, 0.2) is 0 Å². The van der Waals surface area contributed by atoms with Crippen molar-refractivity contribution in [3.05, 3.63) is 0 Å². The van der Waals surface area contributed by atoms with Crippen molar-refractivity contribution in [3.8, 4) is 0 Å². The first-order valence-corrected chi connectivity index (χ1v) is 2.08. The van der Waals surface area contributed by atoms with E-state index < -0.39 is 6.10 Å². The topological polar surface area (TPSA) is 75.5 Å². The van der Waals surface area contributed by atoms with Gasteiger partial charge in [-0.1, -0.05) is 0 Å². The number of aliphatic hydroxyl groups excluding tert-OH is 1. The summed E-state index contributed by atoms with van der Waals surface area (Å²) in [7, 11) is 0. The van der Waals surface area contributed by atoms with Gasteiger partial charge in [-0.2, -0.15) is 5.12 Å². The van der Waals surface area contributed by atoms with Gasteiger partial charge in [0.1, 0.15) is 0 Å². The van der Waals surface area contributed by atoms with Crippen LogP contribution in [0, 0.1) is 0 Å². The van der Waals surface area contributed by atoms with E-state index in [4.69, 9.17) is 16.8 Å². The molecule has 0 amide bonds. The SMILES string of the molecule is CC(O)CN(N)N. The zero-order chi connectivity index (χ0) is 5.86. The minimum Gasteiger partial charge on any atom is -0.392 e. The van der Waals surface area contributed by atoms with Gasteiger partial charge in [0.2, 0.25) is 0 Å². The summed E-state index contributed by atoms with van der Waals surface area (Å²) in [6, 6.07) is 0. The summed E-state index contributed by atoms with van der Waals surface area (Å²) in [5.74, 6) is 9.89. The normalized spacial score (nSPS) is 15.0. The van der Waals surface area contributed by atoms with Gasteiger partial charge in [0.25, 0.3) is 0 Å². The maximum Gasteiger partial charge on any atom is 0.0667 e. The maximum absolute atomic E-state index is 8.52. The lowest BCUT2D eigenvalue weighted by molar-refractivity contribution is 0.128. The average molecular weight is 105 g/mol. The Balaban J connectivity index is 2.95. The van der Waals surface area contributed by atoms with Crippen LogP contribution in [0.2, 0.25) is 0 Å². The lowest BCUT2D eigenvalue weighted by atomic mass is 10.4. The Morgan fingerprint density at radius 2 is 2.14 bits per heavy atom. The molecule has 5 N–H and O–H groups in total. The van der Waals surface area contributed by atoms with Crippen LogP contribution in [0.5, 0.6) is 0 Å². The minimum atomic E-state index is -0.449. The number of rotatable bonds is 2. The van der Waals surface area contributed by atoms with Crippen LogP contribution in [0.4, 0.5) is 0 Å². The minimum absolute atomic E-state index is 0.306. The van der Waals surface area contributed by atoms with Crippen molar-refractivity contribution in [1.82, 2.24) is 5.12 Å². The van der Waals surface area contributed by atoms with E-state index in [0.29, 0.717) is 6.54 Å². The number of hydrazine groups is 2. The van der Waals surface area contributed by atoms with Crippen molar-refractivity contribution in [2.75, 3.05) is 6.54 Å². The van der Waals surface area contributed by atoms with E-state index in [1.165, 1.54) is 0 Å². The molecular weight excluding hydrogens is 94.1 g/mol. The molecule has 0 aliphatic heterocycles. The molecule has 0 aromatic carbocycles. The molecule has 0 aliphatic rings. The van der Waals surface area contributed by atoms with Crippen molar-refractivity contribution in [2.45, 2.75) is 13.0 Å². The molecule has 1 atom stereocenters. The zero-order valence-corrected chi connectivity index (χ0v) is 4.33. The number of nitrogens with two attached hydrogens (primary N) is 2. The standard InChI is InChI=1S/C3H11N3O/c1-3(7)2-6(4)5/h3,7H,2,4-5H2,1H3. The molecule has 0 aromatic heterocycles. The zero-order valence-electron chi connectivity index (χ0n) is 4.33. The molecular formula is C3H11N3O. The molecule has 0 spiro atoms. The van der Waals surface area contributed by atoms with Crippen molar-refractivity contribution >= 4 is 0 Å². The van der Waals surface area contributed by atoms with Crippen LogP contribution in [-0.2, 0) is 0 Å². The van der Waals surface area contributed by atoms with Crippen molar-refractivity contribution in [2.24, 2.45) is 11.7 Å². The molecule has 0 saturated carbocycles. The average Bonchev–Trinajstić information content (AvgIpc) is 1.27. The lowest BCUT2D eigenvalue weighted by Gasteiger charge is -2.09. The van der Waals surface area contributed by atoms with Gasteiger partial charge in [-0.3, -0.25) is 11.7 Å². The molecule has 0 radical (unpaired) electrons. The molecule has 1 unspecified atom stereocenters. The van der Waals surface area contributed by atoms with Crippen LogP contribution in [-0.4, -0.2) is 22.9 Å². The van der Waals surface area contributed by atoms with E-state index in [9.17, 15) is 0 Å². The van der Waals surface area contributed by atoms with Crippen LogP contribution in [0.1, 0.15) is 6.92 Å². The van der Waals surface area contributed by atoms with Gasteiger partial charge in [-0.05, 0) is 6.92 Å². The highest BCUT2D eigenvalue weighted by Crippen LogP contribution is 1.75. The van der Waals surface area contributed by atoms with E-state index in [0.717, 1.165) is 5.12 Å². The summed E-state index contributed by atoms with van der Waals surface area (Å²) >= 11 is 0. The third-order valence-electron chi connectivity index (χ3n) is 0.475. The van der Waals surface area contributed by atoms with Gasteiger partial charge >= 0.3 is 0 Å². The highest BCUT2D eigenvalue weighted by atomic mass is 16.3. The van der Waals surface area contributed by atoms with Crippen LogP contribution in [0.3, 0.4) is 0 Å². The summed E-state index contributed by atoms with van der Waals surface area (Å²) in [6.07, 6.45) is -0.449. The molecule has 0 heterocycles. The number of nitrogens with zero attached hydrogens (tertiary/aromatic N) is 1. The maximum atomic E-state index is 8.52. The predicted molar refractivity (Wildman–Crippen MR) is 26.8 cm³/mol. The second kappa shape index (κ2) is 2.92. The van der Waals surface area contributed by atoms with Gasteiger partial charge in [-0.15, -0.1) is 0 Å². The monoisotopic (exact) mass is 105 g/mol. The van der Waals surface area contributed by atoms with E-state index in [-0.39, 0.29) is 0 Å². The number of hydrogen-bond acceptors (Lipinski definition) is 4. The third kappa shape index (κ3) is 5.84. The van der Waals surface area contributed by atoms with Crippen LogP contribution in [0.25, 0.3) is 0 Å². The molecule has 44 valence electrons. The Morgan fingerprint density at radius 1 is 1.71 bits per heavy atom. The fourth-order valence-corrected chi connectivity index (χ4v) is 0.305. The number of hydrogen-bond donors (Lipinski definition) is 3. The highest BCUT2D eigenvalue weighted by Gasteiger charge is 1.94. The first kappa shape index (κ1) is 6.84. The molecule has 4 nitrogen and oxygen atoms in total. The number of aliphatic hydroxyl groups is 1. The van der Waals surface area contributed by atoms with Crippen LogP contribution >= 0.6 is 0 Å². The summed E-state index contributed by atoms with van der Waals surface area (Å²) in [4.78, 5) is 0. The molecule has 0 saturated heterocycles. The highest BCUT2D eigenvalue weighted by molar-refractivity contribution is 4.44. The Kier molecular flexibility index (Phi) is 2.86. The first-order chi connectivity index (χ1) is 3.13. The lowest BCUT2D eigenvalue weighted by Crippen LogP contribution is -2.42. The van der Waals surface area contributed by atoms with Crippen molar-refractivity contribution < 1.29 is 5.11 Å². The van der Waals surface area contributed by atoms with Gasteiger partial charge in [0, 0.05) is 0 Å². The molecule has 0 aliphatic carbocycles. The molecule has 4 heteroatoms. The second-order valence-corrected chi connectivity index (χ2v) is 1.55. The largest absolute Gasteiger partial charge is 0.392 e. The van der Waals surface area contributed by atoms with E-state index in [2.05, 4.69) is 0 Å². The molecule has 0 fully saturated rings. The van der Waals surface area contributed by atoms with Gasteiger partial charge in [0.15, 0.2) is 0 Å². The summed E-state index contributed by atoms with van der Waals surface area (Å²) in [5, 5.41) is 9.47. The smallest absolute Gasteiger partial charge is 0.0667 e. The van der Waals surface area contributed by atoms with Crippen LogP contribution < -0.4 is 11.7 Å². The summed E-state index contributed by atoms with van der Waals surface area (Å²) in [5.41, 5.74) is 0. The van der Waals surface area contributed by atoms with Crippen molar-refractivity contribution in [3.63, 3.8) is 0 Å². The third-order valence-corrected chi connectivity index (χ3v) is 0.475. The van der Waals surface area contributed by atoms with E-state index >= 15 is 0 Å². The van der Waals surface area contributed by atoms with E-state index in [1.54, 1.807) is 6.92 Å². The van der Waals surface area contributed by atoms with Crippen molar-refractivity contribution in [1.29, 1.82) is 0 Å². The van der Waals surface area contributed by atoms with Gasteiger partial charge < -0.3 is 5.11 Å². The quantitative estimate of drug-likeness (QED) is 0.292.